The van der Waals surface area contributed by atoms with Gasteiger partial charge in [0.05, 0.1) is 18.1 Å². The molecule has 2 aliphatic heterocycles. The molecule has 20 heavy (non-hydrogen) atoms. The molecule has 1 saturated heterocycles. The van der Waals surface area contributed by atoms with Crippen LogP contribution in [0.3, 0.4) is 0 Å². The smallest absolute Gasteiger partial charge is 0.348 e. The van der Waals surface area contributed by atoms with E-state index in [1.54, 1.807) is 0 Å². The lowest BCUT2D eigenvalue weighted by Crippen LogP contribution is -2.41. The van der Waals surface area contributed by atoms with E-state index >= 15 is 0 Å². The number of hydrogen-bond acceptors (Lipinski definition) is 6. The highest BCUT2D eigenvalue weighted by Crippen LogP contribution is 2.32. The summed E-state index contributed by atoms with van der Waals surface area (Å²) in [6.45, 7) is 0.806. The number of ether oxygens (including phenoxy) is 3. The van der Waals surface area contributed by atoms with Crippen molar-refractivity contribution in [2.45, 2.75) is 23.5 Å². The molecule has 1 aromatic rings. The molecule has 6 nitrogen and oxygen atoms in total. The Kier molecular flexibility index (Phi) is 3.35. The van der Waals surface area contributed by atoms with Gasteiger partial charge in [-0.05, 0) is 23.8 Å². The first-order valence-corrected chi connectivity index (χ1v) is 8.27. The van der Waals surface area contributed by atoms with E-state index in [4.69, 9.17) is 24.9 Å². The van der Waals surface area contributed by atoms with Crippen LogP contribution in [0.15, 0.2) is 23.1 Å². The van der Waals surface area contributed by atoms with Crippen LogP contribution in [0.1, 0.15) is 5.56 Å². The Morgan fingerprint density at radius 2 is 2.10 bits per heavy atom. The largest absolute Gasteiger partial charge is 0.478 e. The van der Waals surface area contributed by atoms with Gasteiger partial charge in [0.15, 0.2) is 6.10 Å². The number of halogens is 1. The second kappa shape index (κ2) is 4.91. The maximum absolute atomic E-state index is 11.9. The minimum Gasteiger partial charge on any atom is -0.478 e. The topological polar surface area (TPSA) is 78.9 Å². The van der Waals surface area contributed by atoms with Crippen molar-refractivity contribution in [3.8, 4) is 5.75 Å². The van der Waals surface area contributed by atoms with Gasteiger partial charge in [-0.1, -0.05) is 0 Å². The predicted molar refractivity (Wildman–Crippen MR) is 68.3 cm³/mol. The minimum absolute atomic E-state index is 0.0112. The third-order valence-electron chi connectivity index (χ3n) is 3.14. The van der Waals surface area contributed by atoms with Gasteiger partial charge in [-0.25, -0.2) is 13.2 Å². The number of esters is 1. The molecule has 108 valence electrons. The van der Waals surface area contributed by atoms with Crippen LogP contribution in [0.25, 0.3) is 0 Å². The Hall–Kier alpha value is -1.31. The van der Waals surface area contributed by atoms with Crippen LogP contribution in [0.4, 0.5) is 0 Å². The molecule has 0 amide bonds. The molecular formula is C12H11ClO6S. The molecule has 1 aromatic carbocycles. The molecule has 0 aromatic heterocycles. The molecule has 2 heterocycles. The van der Waals surface area contributed by atoms with Crippen LogP contribution in [0.5, 0.6) is 5.75 Å². The minimum atomic E-state index is -3.79. The fourth-order valence-electron chi connectivity index (χ4n) is 2.03. The van der Waals surface area contributed by atoms with Gasteiger partial charge in [-0.3, -0.25) is 0 Å². The van der Waals surface area contributed by atoms with Crippen LogP contribution >= 0.6 is 10.7 Å². The van der Waals surface area contributed by atoms with Crippen LogP contribution in [0, 0.1) is 0 Å². The van der Waals surface area contributed by atoms with Gasteiger partial charge >= 0.3 is 5.97 Å². The average Bonchev–Trinajstić information content (AvgIpc) is 2.75. The summed E-state index contributed by atoms with van der Waals surface area (Å²) in [5.41, 5.74) is 0.624. The molecule has 0 saturated carbocycles. The fourth-order valence-corrected chi connectivity index (χ4v) is 2.83. The van der Waals surface area contributed by atoms with Gasteiger partial charge in [-0.2, -0.15) is 0 Å². The second-order valence-electron chi connectivity index (χ2n) is 4.61. The molecule has 0 aliphatic carbocycles. The van der Waals surface area contributed by atoms with Crippen molar-refractivity contribution in [2.24, 2.45) is 0 Å². The van der Waals surface area contributed by atoms with E-state index in [0.29, 0.717) is 24.5 Å². The monoisotopic (exact) mass is 318 g/mol. The van der Waals surface area contributed by atoms with Crippen molar-refractivity contribution in [3.05, 3.63) is 23.8 Å². The van der Waals surface area contributed by atoms with E-state index in [1.807, 2.05) is 0 Å². The van der Waals surface area contributed by atoms with Gasteiger partial charge < -0.3 is 14.2 Å². The molecule has 0 spiro atoms. The van der Waals surface area contributed by atoms with Gasteiger partial charge in [0.1, 0.15) is 11.9 Å². The van der Waals surface area contributed by atoms with Crippen LogP contribution in [0.2, 0.25) is 0 Å². The van der Waals surface area contributed by atoms with Crippen molar-refractivity contribution >= 4 is 25.7 Å². The normalized spacial score (nSPS) is 21.8. The lowest BCUT2D eigenvalue weighted by atomic mass is 10.1. The summed E-state index contributed by atoms with van der Waals surface area (Å²) < 4.78 is 38.1. The Labute approximate surface area is 120 Å². The maximum Gasteiger partial charge on any atom is 0.348 e. The standard InChI is InChI=1S/C12H11ClO6S/c13-20(15,16)9-1-2-10-7(3-9)4-11(19-10)12(14)18-8-5-17-6-8/h1-3,8,11H,4-6H2. The average molecular weight is 319 g/mol. The van der Waals surface area contributed by atoms with Crippen molar-refractivity contribution in [1.82, 2.24) is 0 Å². The lowest BCUT2D eigenvalue weighted by Gasteiger charge is -2.26. The summed E-state index contributed by atoms with van der Waals surface area (Å²) in [7, 11) is 1.49. The van der Waals surface area contributed by atoms with Crippen molar-refractivity contribution in [2.75, 3.05) is 13.2 Å². The summed E-state index contributed by atoms with van der Waals surface area (Å²) in [5, 5.41) is 0. The van der Waals surface area contributed by atoms with Crippen LogP contribution < -0.4 is 4.74 Å². The number of fused-ring (bicyclic) bond motifs is 1. The quantitative estimate of drug-likeness (QED) is 0.607. The Balaban J connectivity index is 1.73. The van der Waals surface area contributed by atoms with E-state index in [9.17, 15) is 13.2 Å². The van der Waals surface area contributed by atoms with Crippen molar-refractivity contribution < 1.29 is 27.4 Å². The molecule has 1 fully saturated rings. The van der Waals surface area contributed by atoms with E-state index in [0.717, 1.165) is 0 Å². The Morgan fingerprint density at radius 1 is 1.35 bits per heavy atom. The molecule has 0 bridgehead atoms. The highest BCUT2D eigenvalue weighted by atomic mass is 35.7. The zero-order valence-corrected chi connectivity index (χ0v) is 11.8. The van der Waals surface area contributed by atoms with Crippen LogP contribution in [-0.2, 0) is 29.7 Å². The first kappa shape index (κ1) is 13.7. The van der Waals surface area contributed by atoms with E-state index < -0.39 is 21.1 Å². The van der Waals surface area contributed by atoms with Gasteiger partial charge in [0, 0.05) is 17.1 Å². The predicted octanol–water partition coefficient (Wildman–Crippen LogP) is 0.860. The Bertz CT molecular complexity index is 652. The molecule has 3 rings (SSSR count). The number of carbonyl (C=O) groups excluding carboxylic acids is 1. The van der Waals surface area contributed by atoms with E-state index in [2.05, 4.69) is 0 Å². The van der Waals surface area contributed by atoms with E-state index in [1.165, 1.54) is 18.2 Å². The van der Waals surface area contributed by atoms with Crippen molar-refractivity contribution in [3.63, 3.8) is 0 Å². The molecular weight excluding hydrogens is 308 g/mol. The summed E-state index contributed by atoms with van der Waals surface area (Å²) in [4.78, 5) is 11.8. The number of benzene rings is 1. The number of rotatable bonds is 3. The molecule has 1 unspecified atom stereocenters. The number of carbonyl (C=O) groups is 1. The summed E-state index contributed by atoms with van der Waals surface area (Å²) >= 11 is 0. The lowest BCUT2D eigenvalue weighted by molar-refractivity contribution is -0.178. The Morgan fingerprint density at radius 3 is 2.70 bits per heavy atom. The molecule has 2 aliphatic rings. The van der Waals surface area contributed by atoms with Gasteiger partial charge in [-0.15, -0.1) is 0 Å². The molecule has 8 heteroatoms. The summed E-state index contributed by atoms with van der Waals surface area (Å²) in [5.74, 6) is 0.00524. The van der Waals surface area contributed by atoms with Crippen molar-refractivity contribution in [1.29, 1.82) is 0 Å². The maximum atomic E-state index is 11.9. The third-order valence-corrected chi connectivity index (χ3v) is 4.49. The first-order valence-electron chi connectivity index (χ1n) is 5.96. The SMILES string of the molecule is O=C(OC1COC1)C1Cc2cc(S(=O)(=O)Cl)ccc2O1. The van der Waals surface area contributed by atoms with Crippen LogP contribution in [-0.4, -0.2) is 39.8 Å². The third kappa shape index (κ3) is 2.61. The highest BCUT2D eigenvalue weighted by Gasteiger charge is 2.34. The molecule has 1 atom stereocenters. The zero-order valence-electron chi connectivity index (χ0n) is 10.2. The fraction of sp³-hybridized carbons (Fsp3) is 0.417. The highest BCUT2D eigenvalue weighted by molar-refractivity contribution is 8.13. The molecule has 0 radical (unpaired) electrons. The second-order valence-corrected chi connectivity index (χ2v) is 7.18. The first-order chi connectivity index (χ1) is 9.43. The summed E-state index contributed by atoms with van der Waals surface area (Å²) in [6, 6.07) is 4.25. The number of hydrogen-bond donors (Lipinski definition) is 0. The van der Waals surface area contributed by atoms with Gasteiger partial charge in [0.2, 0.25) is 0 Å². The van der Waals surface area contributed by atoms with Gasteiger partial charge in [0.25, 0.3) is 9.05 Å². The zero-order chi connectivity index (χ0) is 14.3. The van der Waals surface area contributed by atoms with E-state index in [-0.39, 0.29) is 17.4 Å². The summed E-state index contributed by atoms with van der Waals surface area (Å²) in [6.07, 6.45) is -0.699. The molecule has 0 N–H and O–H groups in total.